The zero-order chi connectivity index (χ0) is 19.8. The molecule has 0 unspecified atom stereocenters. The number of allylic oxidation sites excluding steroid dienone is 1. The summed E-state index contributed by atoms with van der Waals surface area (Å²) in [6.07, 6.45) is 3.74. The molecule has 2 aromatic carbocycles. The minimum atomic E-state index is -0.840. The molecule has 1 aromatic heterocycles. The Kier molecular flexibility index (Phi) is 6.70. The SMILES string of the molecule is O=C(O)CCCOc1ccc(C(=O)/C=C/c2nc(-c3ccccc3)cs2)cc1. The first kappa shape index (κ1) is 19.5. The molecular weight excluding hydrogens is 374 g/mol. The third-order valence-electron chi connectivity index (χ3n) is 3.91. The molecule has 1 N–H and O–H groups in total. The number of rotatable bonds is 9. The highest BCUT2D eigenvalue weighted by atomic mass is 32.1. The molecule has 0 spiro atoms. The van der Waals surface area contributed by atoms with Crippen molar-refractivity contribution in [3.63, 3.8) is 0 Å². The molecule has 5 nitrogen and oxygen atoms in total. The molecule has 142 valence electrons. The normalized spacial score (nSPS) is 10.9. The fourth-order valence-corrected chi connectivity index (χ4v) is 3.20. The van der Waals surface area contributed by atoms with Gasteiger partial charge in [-0.05, 0) is 42.8 Å². The third-order valence-corrected chi connectivity index (χ3v) is 4.72. The van der Waals surface area contributed by atoms with Crippen molar-refractivity contribution in [3.05, 3.63) is 76.6 Å². The summed E-state index contributed by atoms with van der Waals surface area (Å²) in [5, 5.41) is 11.3. The summed E-state index contributed by atoms with van der Waals surface area (Å²) in [7, 11) is 0. The number of carbonyl (C=O) groups is 2. The second-order valence-corrected chi connectivity index (χ2v) is 6.89. The lowest BCUT2D eigenvalue weighted by atomic mass is 10.1. The Morgan fingerprint density at radius 3 is 2.54 bits per heavy atom. The van der Waals surface area contributed by atoms with Crippen LogP contribution in [0.25, 0.3) is 17.3 Å². The minimum Gasteiger partial charge on any atom is -0.494 e. The molecule has 6 heteroatoms. The smallest absolute Gasteiger partial charge is 0.303 e. The van der Waals surface area contributed by atoms with E-state index < -0.39 is 5.97 Å². The maximum atomic E-state index is 12.3. The van der Waals surface area contributed by atoms with Gasteiger partial charge in [0.15, 0.2) is 5.78 Å². The van der Waals surface area contributed by atoms with Gasteiger partial charge in [-0.15, -0.1) is 11.3 Å². The van der Waals surface area contributed by atoms with Crippen LogP contribution in [0, 0.1) is 0 Å². The average molecular weight is 393 g/mol. The summed E-state index contributed by atoms with van der Waals surface area (Å²) in [6.45, 7) is 0.327. The predicted octanol–water partition coefficient (Wildman–Crippen LogP) is 4.95. The summed E-state index contributed by atoms with van der Waals surface area (Å²) >= 11 is 1.49. The first-order valence-corrected chi connectivity index (χ1v) is 9.68. The van der Waals surface area contributed by atoms with E-state index in [-0.39, 0.29) is 12.2 Å². The number of ether oxygens (including phenoxy) is 1. The fourth-order valence-electron chi connectivity index (χ4n) is 2.48. The maximum absolute atomic E-state index is 12.3. The number of hydrogen-bond acceptors (Lipinski definition) is 5. The summed E-state index contributed by atoms with van der Waals surface area (Å²) in [5.41, 5.74) is 2.49. The molecule has 28 heavy (non-hydrogen) atoms. The van der Waals surface area contributed by atoms with Crippen molar-refractivity contribution in [1.82, 2.24) is 4.98 Å². The summed E-state index contributed by atoms with van der Waals surface area (Å²) in [6, 6.07) is 16.7. The molecule has 3 aromatic rings. The Labute approximate surface area is 167 Å². The van der Waals surface area contributed by atoms with E-state index in [0.717, 1.165) is 16.3 Å². The Bertz CT molecular complexity index is 962. The summed E-state index contributed by atoms with van der Waals surface area (Å²) in [4.78, 5) is 27.3. The van der Waals surface area contributed by atoms with Crippen molar-refractivity contribution in [2.45, 2.75) is 12.8 Å². The molecule has 0 bridgehead atoms. The van der Waals surface area contributed by atoms with Crippen molar-refractivity contribution in [1.29, 1.82) is 0 Å². The number of carboxylic acids is 1. The van der Waals surface area contributed by atoms with Gasteiger partial charge in [-0.2, -0.15) is 0 Å². The van der Waals surface area contributed by atoms with Gasteiger partial charge in [0.05, 0.1) is 12.3 Å². The van der Waals surface area contributed by atoms with Crippen LogP contribution in [0.15, 0.2) is 66.1 Å². The number of aromatic nitrogens is 1. The minimum absolute atomic E-state index is 0.0735. The van der Waals surface area contributed by atoms with E-state index in [4.69, 9.17) is 9.84 Å². The second-order valence-electron chi connectivity index (χ2n) is 6.00. The first-order valence-electron chi connectivity index (χ1n) is 8.80. The molecule has 0 fully saturated rings. The number of nitrogens with zero attached hydrogens (tertiary/aromatic N) is 1. The standard InChI is InChI=1S/C22H19NO4S/c24-20(17-8-10-18(11-9-17)27-14-4-7-22(25)26)12-13-21-23-19(15-28-21)16-5-2-1-3-6-16/h1-3,5-6,8-13,15H,4,7,14H2,(H,25,26)/b13-12+. The number of thiazole rings is 1. The van der Waals surface area contributed by atoms with E-state index in [1.165, 1.54) is 17.4 Å². The molecule has 1 heterocycles. The van der Waals surface area contributed by atoms with Crippen molar-refractivity contribution >= 4 is 29.2 Å². The third kappa shape index (κ3) is 5.62. The largest absolute Gasteiger partial charge is 0.494 e. The molecule has 0 amide bonds. The first-order chi connectivity index (χ1) is 13.6. The highest BCUT2D eigenvalue weighted by Crippen LogP contribution is 2.22. The Balaban J connectivity index is 1.56. The summed E-state index contributed by atoms with van der Waals surface area (Å²) in [5.74, 6) is -0.348. The lowest BCUT2D eigenvalue weighted by Crippen LogP contribution is -2.02. The molecule has 0 aliphatic rings. The average Bonchev–Trinajstić information content (AvgIpc) is 3.19. The van der Waals surface area contributed by atoms with E-state index in [1.54, 1.807) is 30.3 Å². The zero-order valence-corrected chi connectivity index (χ0v) is 15.9. The van der Waals surface area contributed by atoms with Crippen LogP contribution in [0.5, 0.6) is 5.75 Å². The molecule has 0 atom stereocenters. The van der Waals surface area contributed by atoms with E-state index in [2.05, 4.69) is 4.98 Å². The van der Waals surface area contributed by atoms with E-state index in [0.29, 0.717) is 24.3 Å². The topological polar surface area (TPSA) is 76.5 Å². The van der Waals surface area contributed by atoms with E-state index >= 15 is 0 Å². The fraction of sp³-hybridized carbons (Fsp3) is 0.136. The Hall–Kier alpha value is -3.25. The molecule has 0 aliphatic heterocycles. The Morgan fingerprint density at radius 2 is 1.82 bits per heavy atom. The van der Waals surface area contributed by atoms with Gasteiger partial charge in [-0.3, -0.25) is 9.59 Å². The molecule has 0 radical (unpaired) electrons. The molecule has 3 rings (SSSR count). The number of ketones is 1. The number of carboxylic acid groups (broad SMARTS) is 1. The van der Waals surface area contributed by atoms with Crippen LogP contribution in [0.1, 0.15) is 28.2 Å². The maximum Gasteiger partial charge on any atom is 0.303 e. The van der Waals surface area contributed by atoms with Gasteiger partial charge >= 0.3 is 5.97 Å². The summed E-state index contributed by atoms with van der Waals surface area (Å²) < 4.78 is 5.46. The van der Waals surface area contributed by atoms with Gasteiger partial charge in [-0.1, -0.05) is 30.3 Å². The van der Waals surface area contributed by atoms with E-state index in [1.807, 2.05) is 35.7 Å². The lowest BCUT2D eigenvalue weighted by molar-refractivity contribution is -0.137. The number of hydrogen-bond donors (Lipinski definition) is 1. The van der Waals surface area contributed by atoms with Crippen molar-refractivity contribution in [2.24, 2.45) is 0 Å². The van der Waals surface area contributed by atoms with Crippen LogP contribution in [-0.4, -0.2) is 28.4 Å². The van der Waals surface area contributed by atoms with Gasteiger partial charge in [-0.25, -0.2) is 4.98 Å². The molecule has 0 aliphatic carbocycles. The number of carbonyl (C=O) groups excluding carboxylic acids is 1. The van der Waals surface area contributed by atoms with Crippen molar-refractivity contribution < 1.29 is 19.4 Å². The monoisotopic (exact) mass is 393 g/mol. The number of aliphatic carboxylic acids is 1. The van der Waals surface area contributed by atoms with Crippen LogP contribution >= 0.6 is 11.3 Å². The predicted molar refractivity (Wildman–Crippen MR) is 110 cm³/mol. The van der Waals surface area contributed by atoms with Gasteiger partial charge in [0, 0.05) is 22.9 Å². The molecular formula is C22H19NO4S. The highest BCUT2D eigenvalue weighted by molar-refractivity contribution is 7.10. The van der Waals surface area contributed by atoms with Crippen LogP contribution in [0.2, 0.25) is 0 Å². The second kappa shape index (κ2) is 9.62. The van der Waals surface area contributed by atoms with Gasteiger partial charge in [0.2, 0.25) is 0 Å². The zero-order valence-electron chi connectivity index (χ0n) is 15.1. The highest BCUT2D eigenvalue weighted by Gasteiger charge is 2.05. The quantitative estimate of drug-likeness (QED) is 0.316. The van der Waals surface area contributed by atoms with Gasteiger partial charge < -0.3 is 9.84 Å². The molecule has 0 saturated heterocycles. The van der Waals surface area contributed by atoms with E-state index in [9.17, 15) is 9.59 Å². The van der Waals surface area contributed by atoms with Crippen LogP contribution in [-0.2, 0) is 4.79 Å². The Morgan fingerprint density at radius 1 is 1.07 bits per heavy atom. The van der Waals surface area contributed by atoms with Gasteiger partial charge in [0.1, 0.15) is 10.8 Å². The van der Waals surface area contributed by atoms with Crippen LogP contribution in [0.3, 0.4) is 0 Å². The van der Waals surface area contributed by atoms with Crippen LogP contribution < -0.4 is 4.74 Å². The van der Waals surface area contributed by atoms with Crippen molar-refractivity contribution in [2.75, 3.05) is 6.61 Å². The number of benzene rings is 2. The van der Waals surface area contributed by atoms with Gasteiger partial charge in [0.25, 0.3) is 0 Å². The van der Waals surface area contributed by atoms with Crippen LogP contribution in [0.4, 0.5) is 0 Å². The molecule has 0 saturated carbocycles. The lowest BCUT2D eigenvalue weighted by Gasteiger charge is -2.05. The van der Waals surface area contributed by atoms with Crippen molar-refractivity contribution in [3.8, 4) is 17.0 Å².